The third-order valence-electron chi connectivity index (χ3n) is 11.7. The number of aromatic nitrogens is 3. The third-order valence-corrected chi connectivity index (χ3v) is 11.7. The van der Waals surface area contributed by atoms with Gasteiger partial charge in [0.2, 0.25) is 0 Å². The van der Waals surface area contributed by atoms with Crippen LogP contribution < -0.4 is 0 Å². The van der Waals surface area contributed by atoms with Crippen LogP contribution in [0.5, 0.6) is 0 Å². The Labute approximate surface area is 331 Å². The molecule has 4 nitrogen and oxygen atoms in total. The summed E-state index contributed by atoms with van der Waals surface area (Å²) in [5, 5.41) is 9.53. The predicted molar refractivity (Wildman–Crippen MR) is 228 cm³/mol. The Morgan fingerprint density at radius 1 is 0.368 bits per heavy atom. The van der Waals surface area contributed by atoms with E-state index in [0.717, 1.165) is 39.2 Å². The van der Waals surface area contributed by atoms with E-state index in [9.17, 15) is 5.26 Å². The Morgan fingerprint density at radius 2 is 0.807 bits per heavy atom. The maximum absolute atomic E-state index is 9.53. The zero-order valence-electron chi connectivity index (χ0n) is 30.8. The number of nitriles is 1. The molecular weight excluding hydrogens is 693 g/mol. The number of pyridine rings is 1. The molecule has 0 fully saturated rings. The first-order chi connectivity index (χ1) is 28.2. The van der Waals surface area contributed by atoms with Gasteiger partial charge in [0.1, 0.15) is 0 Å². The molecule has 0 saturated carbocycles. The van der Waals surface area contributed by atoms with Gasteiger partial charge in [-0.1, -0.05) is 133 Å². The molecule has 0 saturated heterocycles. The van der Waals surface area contributed by atoms with E-state index in [2.05, 4.69) is 157 Å². The average molecular weight is 725 g/mol. The summed E-state index contributed by atoms with van der Waals surface area (Å²) in [6.07, 6.45) is 3.63. The minimum atomic E-state index is -0.544. The molecule has 0 atom stereocenters. The van der Waals surface area contributed by atoms with Crippen molar-refractivity contribution in [3.8, 4) is 84.5 Å². The predicted octanol–water partition coefficient (Wildman–Crippen LogP) is 12.4. The molecule has 0 unspecified atom stereocenters. The first-order valence-electron chi connectivity index (χ1n) is 19.1. The monoisotopic (exact) mass is 724 g/mol. The van der Waals surface area contributed by atoms with Gasteiger partial charge in [-0.2, -0.15) is 5.26 Å². The van der Waals surface area contributed by atoms with Gasteiger partial charge in [0.25, 0.3) is 0 Å². The van der Waals surface area contributed by atoms with Crippen molar-refractivity contribution in [2.24, 2.45) is 0 Å². The Kier molecular flexibility index (Phi) is 7.42. The number of nitrogens with zero attached hydrogens (tertiary/aromatic N) is 4. The van der Waals surface area contributed by atoms with Gasteiger partial charge in [0, 0.05) is 29.1 Å². The van der Waals surface area contributed by atoms with E-state index in [1.165, 1.54) is 55.6 Å². The maximum Gasteiger partial charge on any atom is 0.160 e. The normalized spacial score (nSPS) is 12.7. The molecule has 2 aromatic heterocycles. The minimum Gasteiger partial charge on any atom is -0.265 e. The standard InChI is InChI=1S/C53H32N4/c54-33-34-17-19-38(20-18-34)52-56-50(37-23-21-35(22-24-37)36-27-29-55-30-28-36)32-51(57-52)39-25-26-49-45(31-39)41-10-2-1-9-40(41)42-11-3-6-14-46(42)53(49)47-15-7-4-12-43(47)44-13-5-8-16-48(44)53/h1-32H. The van der Waals surface area contributed by atoms with Crippen LogP contribution in [0.25, 0.3) is 78.4 Å². The lowest BCUT2D eigenvalue weighted by atomic mass is 9.66. The number of hydrogen-bond donors (Lipinski definition) is 0. The van der Waals surface area contributed by atoms with Gasteiger partial charge < -0.3 is 0 Å². The van der Waals surface area contributed by atoms with Crippen LogP contribution in [0.1, 0.15) is 27.8 Å². The molecule has 2 aliphatic rings. The van der Waals surface area contributed by atoms with Crippen LogP contribution in [-0.2, 0) is 5.41 Å². The fraction of sp³-hybridized carbons (Fsp3) is 0.0189. The number of benzene rings is 7. The number of rotatable bonds is 4. The minimum absolute atomic E-state index is 0.544. The van der Waals surface area contributed by atoms with Crippen molar-refractivity contribution >= 4 is 0 Å². The summed E-state index contributed by atoms with van der Waals surface area (Å²) in [5.41, 5.74) is 19.2. The highest BCUT2D eigenvalue weighted by Crippen LogP contribution is 2.61. The summed E-state index contributed by atoms with van der Waals surface area (Å²) in [6.45, 7) is 0. The molecule has 1 spiro atoms. The Hall–Kier alpha value is -7.74. The van der Waals surface area contributed by atoms with E-state index >= 15 is 0 Å². The smallest absolute Gasteiger partial charge is 0.160 e. The van der Waals surface area contributed by atoms with Crippen LogP contribution >= 0.6 is 0 Å². The molecule has 4 heteroatoms. The molecule has 0 aliphatic heterocycles. The van der Waals surface area contributed by atoms with Gasteiger partial charge in [-0.05, 0) is 115 Å². The molecular formula is C53H32N4. The van der Waals surface area contributed by atoms with Crippen molar-refractivity contribution in [2.75, 3.05) is 0 Å². The second-order valence-corrected chi connectivity index (χ2v) is 14.7. The van der Waals surface area contributed by atoms with Gasteiger partial charge in [-0.3, -0.25) is 4.98 Å². The van der Waals surface area contributed by atoms with E-state index in [1.807, 2.05) is 48.8 Å². The van der Waals surface area contributed by atoms with E-state index in [0.29, 0.717) is 11.4 Å². The van der Waals surface area contributed by atoms with Crippen molar-refractivity contribution in [3.05, 3.63) is 222 Å². The molecule has 0 amide bonds. The highest BCUT2D eigenvalue weighted by Gasteiger charge is 2.49. The molecule has 0 radical (unpaired) electrons. The summed E-state index contributed by atoms with van der Waals surface area (Å²) in [5.74, 6) is 0.600. The number of fused-ring (bicyclic) bond motifs is 12. The molecule has 2 heterocycles. The second kappa shape index (κ2) is 12.9. The topological polar surface area (TPSA) is 62.5 Å². The SMILES string of the molecule is N#Cc1ccc(-c2nc(-c3ccc(-c4ccncc4)cc3)cc(-c3ccc4c(c3)-c3ccccc3-c3ccccc3C43c4ccccc4-c4ccccc43)n2)cc1. The Balaban J connectivity index is 1.16. The first kappa shape index (κ1) is 32.7. The number of hydrogen-bond acceptors (Lipinski definition) is 4. The third kappa shape index (κ3) is 5.03. The second-order valence-electron chi connectivity index (χ2n) is 14.7. The summed E-state index contributed by atoms with van der Waals surface area (Å²) in [4.78, 5) is 14.6. The molecule has 9 aromatic rings. The van der Waals surface area contributed by atoms with Crippen LogP contribution in [0.4, 0.5) is 0 Å². The van der Waals surface area contributed by atoms with Crippen molar-refractivity contribution in [1.82, 2.24) is 15.0 Å². The quantitative estimate of drug-likeness (QED) is 0.181. The van der Waals surface area contributed by atoms with Gasteiger partial charge in [0.05, 0.1) is 28.4 Å². The van der Waals surface area contributed by atoms with Gasteiger partial charge >= 0.3 is 0 Å². The van der Waals surface area contributed by atoms with E-state index in [1.54, 1.807) is 0 Å². The lowest BCUT2D eigenvalue weighted by Gasteiger charge is -2.35. The average Bonchev–Trinajstić information content (AvgIpc) is 3.54. The van der Waals surface area contributed by atoms with Crippen molar-refractivity contribution < 1.29 is 0 Å². The molecule has 57 heavy (non-hydrogen) atoms. The van der Waals surface area contributed by atoms with Crippen molar-refractivity contribution in [2.45, 2.75) is 5.41 Å². The molecule has 7 aromatic carbocycles. The van der Waals surface area contributed by atoms with Gasteiger partial charge in [-0.15, -0.1) is 0 Å². The summed E-state index contributed by atoms with van der Waals surface area (Å²) >= 11 is 0. The molecule has 264 valence electrons. The van der Waals surface area contributed by atoms with Crippen LogP contribution in [0.15, 0.2) is 194 Å². The lowest BCUT2D eigenvalue weighted by Crippen LogP contribution is -2.29. The molecule has 0 N–H and O–H groups in total. The zero-order chi connectivity index (χ0) is 37.9. The molecule has 2 aliphatic carbocycles. The van der Waals surface area contributed by atoms with Crippen LogP contribution in [0.3, 0.4) is 0 Å². The Morgan fingerprint density at radius 3 is 1.40 bits per heavy atom. The van der Waals surface area contributed by atoms with Crippen LogP contribution in [-0.4, -0.2) is 15.0 Å². The summed E-state index contributed by atoms with van der Waals surface area (Å²) in [7, 11) is 0. The van der Waals surface area contributed by atoms with Crippen LogP contribution in [0, 0.1) is 11.3 Å². The van der Waals surface area contributed by atoms with E-state index in [4.69, 9.17) is 9.97 Å². The Bertz CT molecular complexity index is 3020. The molecule has 0 bridgehead atoms. The largest absolute Gasteiger partial charge is 0.265 e. The fourth-order valence-electron chi connectivity index (χ4n) is 9.16. The lowest BCUT2D eigenvalue weighted by molar-refractivity contribution is 0.775. The van der Waals surface area contributed by atoms with Crippen LogP contribution in [0.2, 0.25) is 0 Å². The zero-order valence-corrected chi connectivity index (χ0v) is 30.8. The van der Waals surface area contributed by atoms with Crippen molar-refractivity contribution in [3.63, 3.8) is 0 Å². The summed E-state index contributed by atoms with van der Waals surface area (Å²) in [6, 6.07) is 66.9. The fourth-order valence-corrected chi connectivity index (χ4v) is 9.16. The van der Waals surface area contributed by atoms with E-state index < -0.39 is 5.41 Å². The molecule has 11 rings (SSSR count). The van der Waals surface area contributed by atoms with Gasteiger partial charge in [-0.25, -0.2) is 9.97 Å². The highest BCUT2D eigenvalue weighted by atomic mass is 14.9. The maximum atomic E-state index is 9.53. The van der Waals surface area contributed by atoms with Crippen molar-refractivity contribution in [1.29, 1.82) is 5.26 Å². The summed E-state index contributed by atoms with van der Waals surface area (Å²) < 4.78 is 0. The first-order valence-corrected chi connectivity index (χ1v) is 19.1. The van der Waals surface area contributed by atoms with Gasteiger partial charge in [0.15, 0.2) is 5.82 Å². The highest BCUT2D eigenvalue weighted by molar-refractivity contribution is 5.98. The van der Waals surface area contributed by atoms with E-state index in [-0.39, 0.29) is 0 Å².